The van der Waals surface area contributed by atoms with Gasteiger partial charge in [-0.3, -0.25) is 9.67 Å². The molecular formula is C17H12ClF3N6. The average Bonchev–Trinajstić information content (AvgIpc) is 3.10. The number of hydrogen-bond donors (Lipinski definition) is 0. The molecule has 4 heterocycles. The van der Waals surface area contributed by atoms with Crippen molar-refractivity contribution in [1.29, 1.82) is 0 Å². The number of hydrogen-bond acceptors (Lipinski definition) is 4. The van der Waals surface area contributed by atoms with E-state index in [1.807, 2.05) is 0 Å². The molecule has 1 fully saturated rings. The Morgan fingerprint density at radius 3 is 2.81 bits per heavy atom. The van der Waals surface area contributed by atoms with Crippen molar-refractivity contribution >= 4 is 28.3 Å². The third kappa shape index (κ3) is 2.91. The van der Waals surface area contributed by atoms with Gasteiger partial charge in [-0.2, -0.15) is 23.4 Å². The van der Waals surface area contributed by atoms with E-state index < -0.39 is 12.7 Å². The zero-order valence-corrected chi connectivity index (χ0v) is 14.5. The number of halogens is 4. The van der Waals surface area contributed by atoms with Gasteiger partial charge in [0.2, 0.25) is 0 Å². The first kappa shape index (κ1) is 16.5. The van der Waals surface area contributed by atoms with E-state index in [9.17, 15) is 13.2 Å². The molecule has 6 nitrogen and oxygen atoms in total. The van der Waals surface area contributed by atoms with E-state index in [-0.39, 0.29) is 11.8 Å². The standard InChI is InChI=1S/C17H12ClF3N6/c18-15-5-12(16-22-1-2-26(16)25-15)11-4-10(11)9-3-14-13(23-6-9)7-24-27(14)8-17(19,20)21/h1-3,5-7,10-11H,4,8H2/t10-,11?/m1/s1. The number of alkyl halides is 3. The minimum atomic E-state index is -4.34. The lowest BCUT2D eigenvalue weighted by atomic mass is 10.1. The van der Waals surface area contributed by atoms with Crippen molar-refractivity contribution in [2.45, 2.75) is 31.0 Å². The molecule has 1 unspecified atom stereocenters. The third-order valence-electron chi connectivity index (χ3n) is 4.82. The van der Waals surface area contributed by atoms with Crippen LogP contribution in [0.3, 0.4) is 0 Å². The fourth-order valence-electron chi connectivity index (χ4n) is 3.56. The predicted octanol–water partition coefficient (Wildman–Crippen LogP) is 3.96. The summed E-state index contributed by atoms with van der Waals surface area (Å²) in [6.07, 6.45) is 2.96. The highest BCUT2D eigenvalue weighted by atomic mass is 35.5. The molecule has 5 rings (SSSR count). The summed E-state index contributed by atoms with van der Waals surface area (Å²) in [4.78, 5) is 8.61. The second-order valence-electron chi connectivity index (χ2n) is 6.66. The normalized spacial score (nSPS) is 19.9. The quantitative estimate of drug-likeness (QED) is 0.529. The number of imidazole rings is 1. The van der Waals surface area contributed by atoms with E-state index in [0.717, 1.165) is 27.9 Å². The van der Waals surface area contributed by atoms with Crippen LogP contribution < -0.4 is 0 Å². The zero-order chi connectivity index (χ0) is 18.8. The molecule has 1 saturated carbocycles. The number of rotatable bonds is 3. The first-order valence-corrected chi connectivity index (χ1v) is 8.65. The second kappa shape index (κ2) is 5.66. The van der Waals surface area contributed by atoms with Gasteiger partial charge in [0.05, 0.1) is 11.7 Å². The SMILES string of the molecule is FC(F)(F)Cn1ncc2ncc([C@H]3CC3c3cc(Cl)nn4ccnc34)cc21. The van der Waals surface area contributed by atoms with Crippen molar-refractivity contribution in [3.05, 3.63) is 53.2 Å². The maximum absolute atomic E-state index is 12.7. The molecule has 0 amide bonds. The van der Waals surface area contributed by atoms with Crippen LogP contribution in [0.5, 0.6) is 0 Å². The van der Waals surface area contributed by atoms with E-state index in [0.29, 0.717) is 16.2 Å². The Kier molecular flexibility index (Phi) is 3.45. The van der Waals surface area contributed by atoms with Crippen LogP contribution in [0.2, 0.25) is 5.15 Å². The molecule has 10 heteroatoms. The van der Waals surface area contributed by atoms with E-state index in [4.69, 9.17) is 11.6 Å². The van der Waals surface area contributed by atoms with Crippen molar-refractivity contribution in [3.8, 4) is 0 Å². The fraction of sp³-hybridized carbons (Fsp3) is 0.294. The summed E-state index contributed by atoms with van der Waals surface area (Å²) in [6.45, 7) is -1.13. The van der Waals surface area contributed by atoms with Crippen LogP contribution >= 0.6 is 11.6 Å². The minimum absolute atomic E-state index is 0.148. The molecule has 2 atom stereocenters. The monoisotopic (exact) mass is 392 g/mol. The van der Waals surface area contributed by atoms with Gasteiger partial charge in [0.25, 0.3) is 0 Å². The Balaban J connectivity index is 1.50. The van der Waals surface area contributed by atoms with Crippen molar-refractivity contribution in [3.63, 3.8) is 0 Å². The lowest BCUT2D eigenvalue weighted by molar-refractivity contribution is -0.141. The molecule has 0 bridgehead atoms. The predicted molar refractivity (Wildman–Crippen MR) is 91.7 cm³/mol. The largest absolute Gasteiger partial charge is 0.408 e. The summed E-state index contributed by atoms with van der Waals surface area (Å²) in [7, 11) is 0. The van der Waals surface area contributed by atoms with E-state index in [2.05, 4.69) is 20.2 Å². The van der Waals surface area contributed by atoms with Gasteiger partial charge in [0, 0.05) is 24.2 Å². The first-order chi connectivity index (χ1) is 12.9. The summed E-state index contributed by atoms with van der Waals surface area (Å²) in [6, 6.07) is 3.55. The minimum Gasteiger partial charge on any atom is -0.254 e. The van der Waals surface area contributed by atoms with Crippen LogP contribution in [0.15, 0.2) is 36.9 Å². The zero-order valence-electron chi connectivity index (χ0n) is 13.7. The highest BCUT2D eigenvalue weighted by Crippen LogP contribution is 2.55. The molecule has 0 N–H and O–H groups in total. The Bertz CT molecular complexity index is 1160. The van der Waals surface area contributed by atoms with E-state index >= 15 is 0 Å². The third-order valence-corrected chi connectivity index (χ3v) is 5.01. The molecule has 0 radical (unpaired) electrons. The molecule has 0 spiro atoms. The number of fused-ring (bicyclic) bond motifs is 2. The summed E-state index contributed by atoms with van der Waals surface area (Å²) in [5.74, 6) is 0.323. The average molecular weight is 393 g/mol. The fourth-order valence-corrected chi connectivity index (χ4v) is 3.76. The maximum Gasteiger partial charge on any atom is 0.408 e. The van der Waals surface area contributed by atoms with Gasteiger partial charge >= 0.3 is 6.18 Å². The Morgan fingerprint density at radius 2 is 2.00 bits per heavy atom. The van der Waals surface area contributed by atoms with Crippen LogP contribution in [0, 0.1) is 0 Å². The molecule has 0 saturated heterocycles. The highest BCUT2D eigenvalue weighted by molar-refractivity contribution is 6.29. The van der Waals surface area contributed by atoms with Crippen LogP contribution in [0.1, 0.15) is 29.4 Å². The van der Waals surface area contributed by atoms with Crippen LogP contribution in [0.4, 0.5) is 13.2 Å². The Labute approximate surface area is 155 Å². The number of nitrogens with zero attached hydrogens (tertiary/aromatic N) is 6. The van der Waals surface area contributed by atoms with Gasteiger partial charge in [-0.1, -0.05) is 11.6 Å². The van der Waals surface area contributed by atoms with Gasteiger partial charge in [0.15, 0.2) is 5.65 Å². The van der Waals surface area contributed by atoms with E-state index in [1.54, 1.807) is 35.2 Å². The van der Waals surface area contributed by atoms with Gasteiger partial charge in [-0.05, 0) is 36.0 Å². The van der Waals surface area contributed by atoms with Crippen LogP contribution in [-0.4, -0.2) is 35.5 Å². The number of pyridine rings is 1. The topological polar surface area (TPSA) is 60.9 Å². The maximum atomic E-state index is 12.7. The van der Waals surface area contributed by atoms with Gasteiger partial charge in [-0.25, -0.2) is 9.50 Å². The van der Waals surface area contributed by atoms with Crippen molar-refractivity contribution in [2.75, 3.05) is 0 Å². The Hall–Kier alpha value is -2.68. The summed E-state index contributed by atoms with van der Waals surface area (Å²) in [5.41, 5.74) is 3.43. The lowest BCUT2D eigenvalue weighted by Crippen LogP contribution is -2.18. The van der Waals surface area contributed by atoms with Gasteiger partial charge in [0.1, 0.15) is 17.2 Å². The number of aromatic nitrogens is 6. The summed E-state index contributed by atoms with van der Waals surface area (Å²) < 4.78 is 40.8. The second-order valence-corrected chi connectivity index (χ2v) is 7.04. The molecular weight excluding hydrogens is 381 g/mol. The molecule has 1 aliphatic carbocycles. The molecule has 138 valence electrons. The van der Waals surface area contributed by atoms with Crippen molar-refractivity contribution in [1.82, 2.24) is 29.4 Å². The Morgan fingerprint density at radius 1 is 1.15 bits per heavy atom. The highest BCUT2D eigenvalue weighted by Gasteiger charge is 2.42. The van der Waals surface area contributed by atoms with Crippen molar-refractivity contribution < 1.29 is 13.2 Å². The van der Waals surface area contributed by atoms with Crippen LogP contribution in [0.25, 0.3) is 16.7 Å². The van der Waals surface area contributed by atoms with Gasteiger partial charge < -0.3 is 0 Å². The molecule has 27 heavy (non-hydrogen) atoms. The lowest BCUT2D eigenvalue weighted by Gasteiger charge is -2.08. The smallest absolute Gasteiger partial charge is 0.254 e. The molecule has 1 aliphatic rings. The van der Waals surface area contributed by atoms with Gasteiger partial charge in [-0.15, -0.1) is 0 Å². The van der Waals surface area contributed by atoms with Crippen molar-refractivity contribution in [2.24, 2.45) is 0 Å². The van der Waals surface area contributed by atoms with Crippen LogP contribution in [-0.2, 0) is 6.54 Å². The molecule has 4 aromatic heterocycles. The first-order valence-electron chi connectivity index (χ1n) is 8.27. The molecule has 4 aromatic rings. The van der Waals surface area contributed by atoms with E-state index in [1.165, 1.54) is 6.20 Å². The molecule has 0 aliphatic heterocycles. The summed E-state index contributed by atoms with van der Waals surface area (Å²) >= 11 is 6.10. The molecule has 0 aromatic carbocycles. The summed E-state index contributed by atoms with van der Waals surface area (Å²) in [5, 5.41) is 8.37.